The van der Waals surface area contributed by atoms with Gasteiger partial charge in [0.25, 0.3) is 0 Å². The number of rotatable bonds is 6. The van der Waals surface area contributed by atoms with Gasteiger partial charge in [0.2, 0.25) is 5.91 Å². The summed E-state index contributed by atoms with van der Waals surface area (Å²) in [4.78, 5) is 17.2. The highest BCUT2D eigenvalue weighted by Crippen LogP contribution is 2.33. The molecular weight excluding hydrogens is 336 g/mol. The lowest BCUT2D eigenvalue weighted by atomic mass is 10.1. The minimum atomic E-state index is -0.128. The molecule has 3 aromatic rings. The zero-order valence-corrected chi connectivity index (χ0v) is 15.4. The third kappa shape index (κ3) is 3.97. The van der Waals surface area contributed by atoms with Crippen molar-refractivity contribution in [2.24, 2.45) is 0 Å². The number of carbonyl (C=O) groups is 1. The summed E-state index contributed by atoms with van der Waals surface area (Å²) in [6.45, 7) is 4.06. The number of thioether (sulfide) groups is 1. The number of benzene rings is 2. The summed E-state index contributed by atoms with van der Waals surface area (Å²) in [6, 6.07) is 18.1. The van der Waals surface area contributed by atoms with Crippen LogP contribution in [-0.2, 0) is 4.79 Å². The van der Waals surface area contributed by atoms with Crippen LogP contribution in [-0.4, -0.2) is 16.1 Å². The van der Waals surface area contributed by atoms with E-state index in [1.165, 1.54) is 0 Å². The molecule has 0 unspecified atom stereocenters. The Morgan fingerprint density at radius 2 is 1.88 bits per heavy atom. The van der Waals surface area contributed by atoms with E-state index in [0.29, 0.717) is 0 Å². The third-order valence-electron chi connectivity index (χ3n) is 3.84. The molecule has 0 aliphatic heterocycles. The maximum Gasteiger partial charge on any atom is 0.234 e. The van der Waals surface area contributed by atoms with Crippen molar-refractivity contribution in [1.82, 2.24) is 10.3 Å². The number of aromatic nitrogens is 1. The Morgan fingerprint density at radius 3 is 2.58 bits per heavy atom. The highest BCUT2D eigenvalue weighted by molar-refractivity contribution is 8.02. The zero-order chi connectivity index (χ0) is 16.9. The van der Waals surface area contributed by atoms with Crippen molar-refractivity contribution in [2.45, 2.75) is 35.9 Å². The topological polar surface area (TPSA) is 42.0 Å². The summed E-state index contributed by atoms with van der Waals surface area (Å²) in [5.41, 5.74) is 2.11. The van der Waals surface area contributed by atoms with E-state index in [-0.39, 0.29) is 17.2 Å². The first-order chi connectivity index (χ1) is 11.7. The van der Waals surface area contributed by atoms with E-state index in [9.17, 15) is 4.79 Å². The van der Waals surface area contributed by atoms with Crippen molar-refractivity contribution in [3.8, 4) is 0 Å². The largest absolute Gasteiger partial charge is 0.349 e. The maximum absolute atomic E-state index is 12.6. The second kappa shape index (κ2) is 7.81. The molecule has 0 spiro atoms. The number of nitrogens with zero attached hydrogens (tertiary/aromatic N) is 1. The monoisotopic (exact) mass is 356 g/mol. The van der Waals surface area contributed by atoms with Crippen molar-refractivity contribution in [2.75, 3.05) is 0 Å². The van der Waals surface area contributed by atoms with Gasteiger partial charge in [0.1, 0.15) is 0 Å². The maximum atomic E-state index is 12.6. The van der Waals surface area contributed by atoms with Crippen LogP contribution in [0, 0.1) is 0 Å². The van der Waals surface area contributed by atoms with Crippen LogP contribution in [0.3, 0.4) is 0 Å². The molecule has 0 aliphatic rings. The molecule has 1 heterocycles. The van der Waals surface area contributed by atoms with Crippen LogP contribution in [0.1, 0.15) is 31.9 Å². The molecule has 0 aliphatic carbocycles. The molecule has 0 radical (unpaired) electrons. The minimum absolute atomic E-state index is 0.00344. The van der Waals surface area contributed by atoms with Gasteiger partial charge in [0, 0.05) is 0 Å². The molecule has 1 N–H and O–H groups in total. The molecule has 0 bridgehead atoms. The molecule has 0 fully saturated rings. The summed E-state index contributed by atoms with van der Waals surface area (Å²) >= 11 is 3.20. The number of thiazole rings is 1. The average Bonchev–Trinajstić information content (AvgIpc) is 3.02. The molecule has 1 aromatic heterocycles. The zero-order valence-electron chi connectivity index (χ0n) is 13.7. The van der Waals surface area contributed by atoms with Gasteiger partial charge in [0.05, 0.1) is 21.5 Å². The Kier molecular flexibility index (Phi) is 5.53. The van der Waals surface area contributed by atoms with E-state index < -0.39 is 0 Å². The Morgan fingerprint density at radius 1 is 1.17 bits per heavy atom. The van der Waals surface area contributed by atoms with E-state index in [1.807, 2.05) is 62.4 Å². The lowest BCUT2D eigenvalue weighted by molar-refractivity contribution is -0.121. The van der Waals surface area contributed by atoms with Crippen molar-refractivity contribution in [3.63, 3.8) is 0 Å². The molecule has 5 heteroatoms. The van der Waals surface area contributed by atoms with Crippen LogP contribution < -0.4 is 5.32 Å². The van der Waals surface area contributed by atoms with Crippen LogP contribution in [0.25, 0.3) is 10.2 Å². The van der Waals surface area contributed by atoms with Crippen LogP contribution in [0.5, 0.6) is 0 Å². The SMILES string of the molecule is CC[C@H](Sc1nc2ccccc2s1)C(=O)N[C@@H](C)c1ccccc1. The molecular formula is C19H20N2OS2. The average molecular weight is 357 g/mol. The first-order valence-corrected chi connectivity index (χ1v) is 9.74. The van der Waals surface area contributed by atoms with E-state index in [4.69, 9.17) is 0 Å². The summed E-state index contributed by atoms with van der Waals surface area (Å²) in [6.07, 6.45) is 0.772. The number of amides is 1. The fourth-order valence-corrected chi connectivity index (χ4v) is 4.72. The molecule has 1 amide bonds. The van der Waals surface area contributed by atoms with E-state index in [0.717, 1.165) is 26.5 Å². The minimum Gasteiger partial charge on any atom is -0.349 e. The number of hydrogen-bond acceptors (Lipinski definition) is 4. The van der Waals surface area contributed by atoms with Gasteiger partial charge < -0.3 is 5.32 Å². The van der Waals surface area contributed by atoms with E-state index >= 15 is 0 Å². The lowest BCUT2D eigenvalue weighted by Gasteiger charge is -2.18. The molecule has 0 saturated heterocycles. The van der Waals surface area contributed by atoms with Gasteiger partial charge in [-0.25, -0.2) is 4.98 Å². The molecule has 24 heavy (non-hydrogen) atoms. The molecule has 0 saturated carbocycles. The van der Waals surface area contributed by atoms with Crippen LogP contribution in [0.2, 0.25) is 0 Å². The molecule has 3 rings (SSSR count). The lowest BCUT2D eigenvalue weighted by Crippen LogP contribution is -2.34. The molecule has 2 atom stereocenters. The second-order valence-corrected chi connectivity index (χ2v) is 8.08. The number of nitrogens with one attached hydrogen (secondary N) is 1. The predicted octanol–water partition coefficient (Wildman–Crippen LogP) is 5.04. The Labute approximate surface area is 150 Å². The fourth-order valence-electron chi connectivity index (χ4n) is 2.48. The van der Waals surface area contributed by atoms with Crippen molar-refractivity contribution < 1.29 is 4.79 Å². The highest BCUT2D eigenvalue weighted by Gasteiger charge is 2.21. The quantitative estimate of drug-likeness (QED) is 0.629. The van der Waals surface area contributed by atoms with E-state index in [1.54, 1.807) is 23.1 Å². The Bertz CT molecular complexity index is 783. The summed E-state index contributed by atoms with van der Waals surface area (Å²) in [5.74, 6) is 0.0677. The van der Waals surface area contributed by atoms with Gasteiger partial charge in [-0.3, -0.25) is 4.79 Å². The normalized spacial score (nSPS) is 13.6. The van der Waals surface area contributed by atoms with E-state index in [2.05, 4.69) is 16.4 Å². The smallest absolute Gasteiger partial charge is 0.234 e. The first-order valence-electron chi connectivity index (χ1n) is 8.05. The number of fused-ring (bicyclic) bond motifs is 1. The Hall–Kier alpha value is -1.85. The van der Waals surface area contributed by atoms with Gasteiger partial charge in [0.15, 0.2) is 4.34 Å². The van der Waals surface area contributed by atoms with Gasteiger partial charge in [-0.1, -0.05) is 61.2 Å². The van der Waals surface area contributed by atoms with Gasteiger partial charge in [-0.15, -0.1) is 11.3 Å². The standard InChI is InChI=1S/C19H20N2OS2/c1-3-16(18(22)20-13(2)14-9-5-4-6-10-14)23-19-21-15-11-7-8-12-17(15)24-19/h4-13,16H,3H2,1-2H3,(H,20,22)/t13-,16-/m0/s1. The predicted molar refractivity (Wildman–Crippen MR) is 103 cm³/mol. The summed E-state index contributed by atoms with van der Waals surface area (Å²) < 4.78 is 2.11. The van der Waals surface area contributed by atoms with Gasteiger partial charge in [-0.2, -0.15) is 0 Å². The highest BCUT2D eigenvalue weighted by atomic mass is 32.2. The van der Waals surface area contributed by atoms with Gasteiger partial charge >= 0.3 is 0 Å². The number of carbonyl (C=O) groups excluding carboxylic acids is 1. The van der Waals surface area contributed by atoms with Crippen molar-refractivity contribution >= 4 is 39.2 Å². The molecule has 2 aromatic carbocycles. The number of hydrogen-bond donors (Lipinski definition) is 1. The van der Waals surface area contributed by atoms with Gasteiger partial charge in [-0.05, 0) is 31.0 Å². The van der Waals surface area contributed by atoms with Crippen LogP contribution >= 0.6 is 23.1 Å². The molecule has 3 nitrogen and oxygen atoms in total. The van der Waals surface area contributed by atoms with Crippen LogP contribution in [0.4, 0.5) is 0 Å². The molecule has 124 valence electrons. The second-order valence-electron chi connectivity index (χ2n) is 5.60. The Balaban J connectivity index is 1.67. The van der Waals surface area contributed by atoms with Crippen LogP contribution in [0.15, 0.2) is 58.9 Å². The van der Waals surface area contributed by atoms with Crippen molar-refractivity contribution in [1.29, 1.82) is 0 Å². The first kappa shape index (κ1) is 17.0. The van der Waals surface area contributed by atoms with Crippen molar-refractivity contribution in [3.05, 3.63) is 60.2 Å². The number of para-hydroxylation sites is 1. The fraction of sp³-hybridized carbons (Fsp3) is 0.263. The summed E-state index contributed by atoms with van der Waals surface area (Å²) in [5, 5.41) is 2.99. The third-order valence-corrected chi connectivity index (χ3v) is 6.33. The summed E-state index contributed by atoms with van der Waals surface area (Å²) in [7, 11) is 0.